The fraction of sp³-hybridized carbons (Fsp3) is 0.412. The third kappa shape index (κ3) is 4.05. The molecular formula is C17H18ClN3O3S2. The average Bonchev–Trinajstić information content (AvgIpc) is 3.26. The molecule has 1 aliphatic rings. The summed E-state index contributed by atoms with van der Waals surface area (Å²) in [6.07, 6.45) is -0.457. The zero-order valence-electron chi connectivity index (χ0n) is 13.9. The van der Waals surface area contributed by atoms with E-state index >= 15 is 0 Å². The summed E-state index contributed by atoms with van der Waals surface area (Å²) < 4.78 is 12.1. The number of thiophene rings is 1. The van der Waals surface area contributed by atoms with Crippen molar-refractivity contribution in [1.29, 1.82) is 0 Å². The zero-order chi connectivity index (χ0) is 17.9. The second-order valence-corrected chi connectivity index (χ2v) is 8.39. The molecule has 6 nitrogen and oxygen atoms in total. The highest BCUT2D eigenvalue weighted by Gasteiger charge is 2.19. The van der Waals surface area contributed by atoms with E-state index in [0.29, 0.717) is 28.4 Å². The predicted molar refractivity (Wildman–Crippen MR) is 104 cm³/mol. The smallest absolute Gasteiger partial charge is 0.276 e. The monoisotopic (exact) mass is 411 g/mol. The molecule has 1 aromatic carbocycles. The van der Waals surface area contributed by atoms with Gasteiger partial charge >= 0.3 is 0 Å². The molecule has 1 fully saturated rings. The van der Waals surface area contributed by atoms with Gasteiger partial charge in [0.2, 0.25) is 0 Å². The number of rotatable bonds is 6. The minimum Gasteiger partial charge on any atom is -0.410 e. The van der Waals surface area contributed by atoms with Crippen molar-refractivity contribution in [3.63, 3.8) is 0 Å². The number of hydrogen-bond acceptors (Lipinski definition) is 8. The number of thioether (sulfide) groups is 1. The van der Waals surface area contributed by atoms with E-state index in [1.165, 1.54) is 23.1 Å². The highest BCUT2D eigenvalue weighted by atomic mass is 35.5. The number of ether oxygens (including phenoxy) is 1. The van der Waals surface area contributed by atoms with E-state index in [-0.39, 0.29) is 0 Å². The molecule has 0 unspecified atom stereocenters. The lowest BCUT2D eigenvalue weighted by Gasteiger charge is -2.28. The fourth-order valence-electron chi connectivity index (χ4n) is 2.81. The molecular weight excluding hydrogens is 394 g/mol. The number of aliphatic hydroxyl groups is 1. The van der Waals surface area contributed by atoms with E-state index in [4.69, 9.17) is 20.8 Å². The van der Waals surface area contributed by atoms with Gasteiger partial charge in [-0.3, -0.25) is 4.90 Å². The van der Waals surface area contributed by atoms with Crippen LogP contribution >= 0.6 is 34.7 Å². The van der Waals surface area contributed by atoms with Gasteiger partial charge in [0, 0.05) is 35.5 Å². The number of benzene rings is 1. The summed E-state index contributed by atoms with van der Waals surface area (Å²) in [6, 6.07) is 7.93. The zero-order valence-corrected chi connectivity index (χ0v) is 16.3. The van der Waals surface area contributed by atoms with Gasteiger partial charge in [0.1, 0.15) is 4.88 Å². The van der Waals surface area contributed by atoms with Crippen molar-refractivity contribution in [1.82, 2.24) is 15.1 Å². The number of nitrogens with zero attached hydrogens (tertiary/aromatic N) is 3. The molecule has 4 rings (SSSR count). The predicted octanol–water partition coefficient (Wildman–Crippen LogP) is 3.39. The van der Waals surface area contributed by atoms with Gasteiger partial charge in [-0.2, -0.15) is 0 Å². The maximum Gasteiger partial charge on any atom is 0.276 e. The molecule has 0 amide bonds. The van der Waals surface area contributed by atoms with Crippen LogP contribution in [0.3, 0.4) is 0 Å². The Morgan fingerprint density at radius 2 is 2.08 bits per heavy atom. The number of aromatic nitrogens is 2. The lowest BCUT2D eigenvalue weighted by atomic mass is 10.2. The SMILES string of the molecule is O[C@@H](CSc1nnc(-c2sc3ccccc3c2Cl)o1)CN1CCOCC1. The van der Waals surface area contributed by atoms with E-state index in [9.17, 15) is 5.11 Å². The molecule has 2 aromatic heterocycles. The van der Waals surface area contributed by atoms with Crippen LogP contribution in [-0.2, 0) is 4.74 Å². The topological polar surface area (TPSA) is 71.6 Å². The first-order chi connectivity index (χ1) is 12.7. The van der Waals surface area contributed by atoms with Crippen LogP contribution in [0.1, 0.15) is 0 Å². The Hall–Kier alpha value is -1.16. The maximum absolute atomic E-state index is 10.2. The van der Waals surface area contributed by atoms with Gasteiger partial charge in [0.05, 0.1) is 24.3 Å². The molecule has 26 heavy (non-hydrogen) atoms. The number of aliphatic hydroxyl groups excluding tert-OH is 1. The van der Waals surface area contributed by atoms with Gasteiger partial charge in [-0.1, -0.05) is 41.6 Å². The van der Waals surface area contributed by atoms with Crippen molar-refractivity contribution in [3.05, 3.63) is 29.3 Å². The van der Waals surface area contributed by atoms with Crippen LogP contribution in [0.2, 0.25) is 5.02 Å². The summed E-state index contributed by atoms with van der Waals surface area (Å²) in [6.45, 7) is 3.79. The Morgan fingerprint density at radius 3 is 2.88 bits per heavy atom. The van der Waals surface area contributed by atoms with Gasteiger partial charge in [0.15, 0.2) is 0 Å². The normalized spacial score (nSPS) is 17.0. The van der Waals surface area contributed by atoms with Crippen LogP contribution in [0.5, 0.6) is 0 Å². The molecule has 1 atom stereocenters. The number of fused-ring (bicyclic) bond motifs is 1. The molecule has 1 N–H and O–H groups in total. The van der Waals surface area contributed by atoms with Crippen molar-refractivity contribution in [2.45, 2.75) is 11.3 Å². The molecule has 138 valence electrons. The van der Waals surface area contributed by atoms with Crippen LogP contribution in [0.15, 0.2) is 33.9 Å². The third-order valence-electron chi connectivity index (χ3n) is 4.11. The molecule has 0 spiro atoms. The van der Waals surface area contributed by atoms with Gasteiger partial charge in [-0.05, 0) is 6.07 Å². The number of morpholine rings is 1. The fourth-order valence-corrected chi connectivity index (χ4v) is 4.92. The Kier molecular flexibility index (Phi) is 5.78. The highest BCUT2D eigenvalue weighted by Crippen LogP contribution is 2.41. The van der Waals surface area contributed by atoms with Crippen LogP contribution in [0.25, 0.3) is 20.9 Å². The lowest BCUT2D eigenvalue weighted by Crippen LogP contribution is -2.41. The van der Waals surface area contributed by atoms with Crippen molar-refractivity contribution in [3.8, 4) is 10.8 Å². The van der Waals surface area contributed by atoms with Crippen LogP contribution in [0, 0.1) is 0 Å². The van der Waals surface area contributed by atoms with Gasteiger partial charge in [0.25, 0.3) is 11.1 Å². The third-order valence-corrected chi connectivity index (χ3v) is 6.73. The Balaban J connectivity index is 1.39. The average molecular weight is 412 g/mol. The minimum atomic E-state index is -0.457. The van der Waals surface area contributed by atoms with Crippen molar-refractivity contribution >= 4 is 44.8 Å². The number of β-amino-alcohol motifs (C(OH)–C–C–N with tert-alkyl or cyclic N) is 1. The van der Waals surface area contributed by atoms with E-state index < -0.39 is 6.10 Å². The molecule has 0 radical (unpaired) electrons. The molecule has 3 heterocycles. The molecule has 0 bridgehead atoms. The first kappa shape index (κ1) is 18.2. The second-order valence-electron chi connectivity index (χ2n) is 5.99. The molecule has 9 heteroatoms. The first-order valence-corrected chi connectivity index (χ1v) is 10.5. The summed E-state index contributed by atoms with van der Waals surface area (Å²) >= 11 is 9.35. The first-order valence-electron chi connectivity index (χ1n) is 8.32. The van der Waals surface area contributed by atoms with Crippen LogP contribution < -0.4 is 0 Å². The summed E-state index contributed by atoms with van der Waals surface area (Å²) in [7, 11) is 0. The van der Waals surface area contributed by atoms with Gasteiger partial charge in [-0.25, -0.2) is 0 Å². The molecule has 3 aromatic rings. The van der Waals surface area contributed by atoms with Crippen molar-refractivity contribution < 1.29 is 14.3 Å². The van der Waals surface area contributed by atoms with Crippen LogP contribution in [0.4, 0.5) is 0 Å². The minimum absolute atomic E-state index is 0.418. The summed E-state index contributed by atoms with van der Waals surface area (Å²) in [5, 5.41) is 20.5. The van der Waals surface area contributed by atoms with E-state index in [1.807, 2.05) is 24.3 Å². The molecule has 0 aliphatic carbocycles. The van der Waals surface area contributed by atoms with Gasteiger partial charge in [-0.15, -0.1) is 21.5 Å². The maximum atomic E-state index is 10.2. The Bertz CT molecular complexity index is 879. The molecule has 1 saturated heterocycles. The molecule has 0 saturated carbocycles. The lowest BCUT2D eigenvalue weighted by molar-refractivity contribution is 0.0188. The standard InChI is InChI=1S/C17H18ClN3O3S2/c18-14-12-3-1-2-4-13(12)26-15(14)16-19-20-17(24-16)25-10-11(22)9-21-5-7-23-8-6-21/h1-4,11,22H,5-10H2/t11-/m1/s1. The summed E-state index contributed by atoms with van der Waals surface area (Å²) in [4.78, 5) is 2.98. The Morgan fingerprint density at radius 1 is 1.27 bits per heavy atom. The summed E-state index contributed by atoms with van der Waals surface area (Å²) in [5.74, 6) is 0.917. The second kappa shape index (κ2) is 8.24. The van der Waals surface area contributed by atoms with Gasteiger partial charge < -0.3 is 14.3 Å². The number of halogens is 1. The van der Waals surface area contributed by atoms with E-state index in [2.05, 4.69) is 15.1 Å². The molecule has 1 aliphatic heterocycles. The van der Waals surface area contributed by atoms with Crippen LogP contribution in [-0.4, -0.2) is 64.9 Å². The quantitative estimate of drug-likeness (QED) is 0.623. The largest absolute Gasteiger partial charge is 0.410 e. The Labute approximate surface area is 164 Å². The van der Waals surface area contributed by atoms with E-state index in [1.54, 1.807) is 0 Å². The number of hydrogen-bond donors (Lipinski definition) is 1. The van der Waals surface area contributed by atoms with E-state index in [0.717, 1.165) is 41.3 Å². The van der Waals surface area contributed by atoms with Crippen molar-refractivity contribution in [2.24, 2.45) is 0 Å². The summed E-state index contributed by atoms with van der Waals surface area (Å²) in [5.41, 5.74) is 0. The van der Waals surface area contributed by atoms with Crippen molar-refractivity contribution in [2.75, 3.05) is 38.6 Å². The highest BCUT2D eigenvalue weighted by molar-refractivity contribution is 7.99.